The van der Waals surface area contributed by atoms with Gasteiger partial charge in [-0.2, -0.15) is 0 Å². The smallest absolute Gasteiger partial charge is 0.294 e. The lowest BCUT2D eigenvalue weighted by Crippen LogP contribution is -2.36. The summed E-state index contributed by atoms with van der Waals surface area (Å²) in [5.41, 5.74) is 0.905. The Morgan fingerprint density at radius 3 is 2.34 bits per heavy atom. The third-order valence-electron chi connectivity index (χ3n) is 4.35. The molecule has 10 nitrogen and oxygen atoms in total. The molecule has 0 aliphatic carbocycles. The standard InChI is InChI=1S/C20H19N3O7S2/c1-29-15-8-3-12(9-16(15)30-2)10-17-19(25)23(20(26)31-17)11-18(24)22-13-4-6-14(7-5-13)32(21,27)28/h3-10H,11H2,1-2H3,(H,22,24)(H2,21,27,28)/b17-10-. The van der Waals surface area contributed by atoms with Gasteiger partial charge in [-0.1, -0.05) is 6.07 Å². The number of nitrogens with zero attached hydrogens (tertiary/aromatic N) is 1. The van der Waals surface area contributed by atoms with Crippen molar-refractivity contribution in [2.75, 3.05) is 26.1 Å². The number of rotatable bonds is 7. The van der Waals surface area contributed by atoms with Crippen LogP contribution in [-0.2, 0) is 19.6 Å². The lowest BCUT2D eigenvalue weighted by atomic mass is 10.2. The van der Waals surface area contributed by atoms with E-state index in [0.717, 1.165) is 16.7 Å². The predicted molar refractivity (Wildman–Crippen MR) is 119 cm³/mol. The molecule has 0 atom stereocenters. The molecule has 2 aromatic rings. The Morgan fingerprint density at radius 2 is 1.75 bits per heavy atom. The maximum Gasteiger partial charge on any atom is 0.294 e. The third kappa shape index (κ3) is 5.28. The largest absolute Gasteiger partial charge is 0.493 e. The number of methoxy groups -OCH3 is 2. The van der Waals surface area contributed by atoms with Crippen LogP contribution >= 0.6 is 11.8 Å². The van der Waals surface area contributed by atoms with Crippen molar-refractivity contribution in [2.24, 2.45) is 5.14 Å². The first kappa shape index (κ1) is 23.3. The zero-order valence-corrected chi connectivity index (χ0v) is 18.7. The van der Waals surface area contributed by atoms with E-state index < -0.39 is 33.6 Å². The average Bonchev–Trinajstić information content (AvgIpc) is 3.00. The molecular formula is C20H19N3O7S2. The number of sulfonamides is 1. The Labute approximate surface area is 188 Å². The number of carbonyl (C=O) groups is 3. The molecule has 1 heterocycles. The van der Waals surface area contributed by atoms with Crippen molar-refractivity contribution in [3.63, 3.8) is 0 Å². The molecule has 1 fully saturated rings. The minimum atomic E-state index is -3.86. The number of carbonyl (C=O) groups excluding carboxylic acids is 3. The number of nitrogens with two attached hydrogens (primary N) is 1. The third-order valence-corrected chi connectivity index (χ3v) is 6.18. The van der Waals surface area contributed by atoms with Crippen LogP contribution in [0.5, 0.6) is 11.5 Å². The van der Waals surface area contributed by atoms with E-state index in [-0.39, 0.29) is 15.5 Å². The van der Waals surface area contributed by atoms with Crippen molar-refractivity contribution in [2.45, 2.75) is 4.90 Å². The molecule has 168 valence electrons. The summed E-state index contributed by atoms with van der Waals surface area (Å²) in [6.07, 6.45) is 1.52. The van der Waals surface area contributed by atoms with Crippen molar-refractivity contribution in [3.05, 3.63) is 52.9 Å². The lowest BCUT2D eigenvalue weighted by Gasteiger charge is -2.12. The second-order valence-corrected chi connectivity index (χ2v) is 9.05. The van der Waals surface area contributed by atoms with Gasteiger partial charge in [-0.3, -0.25) is 19.3 Å². The van der Waals surface area contributed by atoms with Gasteiger partial charge < -0.3 is 14.8 Å². The van der Waals surface area contributed by atoms with Crippen molar-refractivity contribution in [3.8, 4) is 11.5 Å². The molecule has 3 amide bonds. The van der Waals surface area contributed by atoms with Gasteiger partial charge in [0, 0.05) is 5.69 Å². The van der Waals surface area contributed by atoms with Gasteiger partial charge in [-0.15, -0.1) is 0 Å². The summed E-state index contributed by atoms with van der Waals surface area (Å²) in [7, 11) is -0.871. The van der Waals surface area contributed by atoms with Crippen LogP contribution in [0.1, 0.15) is 5.56 Å². The number of thioether (sulfide) groups is 1. The van der Waals surface area contributed by atoms with Crippen LogP contribution in [0.25, 0.3) is 6.08 Å². The molecule has 1 aliphatic heterocycles. The minimum Gasteiger partial charge on any atom is -0.493 e. The van der Waals surface area contributed by atoms with Gasteiger partial charge in [0.2, 0.25) is 15.9 Å². The molecule has 12 heteroatoms. The van der Waals surface area contributed by atoms with Crippen molar-refractivity contribution >= 4 is 50.6 Å². The van der Waals surface area contributed by atoms with Gasteiger partial charge in [-0.25, -0.2) is 13.6 Å². The van der Waals surface area contributed by atoms with E-state index in [2.05, 4.69) is 5.32 Å². The first-order valence-electron chi connectivity index (χ1n) is 9.02. The topological polar surface area (TPSA) is 145 Å². The van der Waals surface area contributed by atoms with Gasteiger partial charge >= 0.3 is 0 Å². The molecule has 0 radical (unpaired) electrons. The fraction of sp³-hybridized carbons (Fsp3) is 0.150. The van der Waals surface area contributed by atoms with Crippen LogP contribution in [-0.4, -0.2) is 51.1 Å². The van der Waals surface area contributed by atoms with E-state index in [9.17, 15) is 22.8 Å². The van der Waals surface area contributed by atoms with Crippen molar-refractivity contribution < 1.29 is 32.3 Å². The molecule has 1 saturated heterocycles. The Kier molecular flexibility index (Phi) is 6.87. The van der Waals surface area contributed by atoms with Gasteiger partial charge in [0.15, 0.2) is 11.5 Å². The van der Waals surface area contributed by atoms with E-state index in [1.165, 1.54) is 44.6 Å². The first-order valence-corrected chi connectivity index (χ1v) is 11.4. The summed E-state index contributed by atoms with van der Waals surface area (Å²) in [6.45, 7) is -0.495. The molecular weight excluding hydrogens is 458 g/mol. The average molecular weight is 478 g/mol. The number of benzene rings is 2. The molecule has 32 heavy (non-hydrogen) atoms. The van der Waals surface area contributed by atoms with Crippen LogP contribution in [0.3, 0.4) is 0 Å². The summed E-state index contributed by atoms with van der Waals surface area (Å²) in [6, 6.07) is 10.2. The summed E-state index contributed by atoms with van der Waals surface area (Å²) in [4.78, 5) is 38.1. The molecule has 1 aliphatic rings. The highest BCUT2D eigenvalue weighted by molar-refractivity contribution is 8.18. The quantitative estimate of drug-likeness (QED) is 0.576. The molecule has 2 aromatic carbocycles. The number of ether oxygens (including phenoxy) is 2. The number of amides is 3. The molecule has 0 aromatic heterocycles. The Morgan fingerprint density at radius 1 is 1.09 bits per heavy atom. The Hall–Kier alpha value is -3.35. The number of primary sulfonamides is 1. The molecule has 0 unspecified atom stereocenters. The van der Waals surface area contributed by atoms with Crippen molar-refractivity contribution in [1.82, 2.24) is 4.90 Å². The zero-order chi connectivity index (χ0) is 23.5. The van der Waals surface area contributed by atoms with Crippen LogP contribution in [0.2, 0.25) is 0 Å². The van der Waals surface area contributed by atoms with E-state index in [1.54, 1.807) is 18.2 Å². The van der Waals surface area contributed by atoms with Crippen LogP contribution in [0.4, 0.5) is 10.5 Å². The Bertz CT molecular complexity index is 1210. The van der Waals surface area contributed by atoms with Gasteiger partial charge in [0.25, 0.3) is 11.1 Å². The fourth-order valence-electron chi connectivity index (χ4n) is 2.80. The highest BCUT2D eigenvalue weighted by Gasteiger charge is 2.36. The zero-order valence-electron chi connectivity index (χ0n) is 17.0. The van der Waals surface area contributed by atoms with Gasteiger partial charge in [0.05, 0.1) is 24.0 Å². The number of imide groups is 1. The second kappa shape index (κ2) is 9.42. The monoisotopic (exact) mass is 477 g/mol. The molecule has 3 N–H and O–H groups in total. The number of anilines is 1. The van der Waals surface area contributed by atoms with Crippen LogP contribution in [0.15, 0.2) is 52.3 Å². The number of hydrogen-bond donors (Lipinski definition) is 2. The van der Waals surface area contributed by atoms with E-state index in [1.807, 2.05) is 0 Å². The highest BCUT2D eigenvalue weighted by Crippen LogP contribution is 2.34. The summed E-state index contributed by atoms with van der Waals surface area (Å²) in [5.74, 6) is -0.239. The summed E-state index contributed by atoms with van der Waals surface area (Å²) in [5, 5.41) is 6.95. The number of nitrogens with one attached hydrogen (secondary N) is 1. The van der Waals surface area contributed by atoms with Crippen molar-refractivity contribution in [1.29, 1.82) is 0 Å². The summed E-state index contributed by atoms with van der Waals surface area (Å²) < 4.78 is 33.0. The second-order valence-electron chi connectivity index (χ2n) is 6.50. The van der Waals surface area contributed by atoms with Crippen LogP contribution in [0, 0.1) is 0 Å². The first-order chi connectivity index (χ1) is 15.1. The summed E-state index contributed by atoms with van der Waals surface area (Å²) >= 11 is 0.719. The Balaban J connectivity index is 1.69. The molecule has 0 spiro atoms. The van der Waals surface area contributed by atoms with Crippen LogP contribution < -0.4 is 19.9 Å². The van der Waals surface area contributed by atoms with Gasteiger partial charge in [-0.05, 0) is 59.8 Å². The molecule has 0 bridgehead atoms. The minimum absolute atomic E-state index is 0.110. The normalized spacial score (nSPS) is 15.2. The highest BCUT2D eigenvalue weighted by atomic mass is 32.2. The lowest BCUT2D eigenvalue weighted by molar-refractivity contribution is -0.127. The fourth-order valence-corrected chi connectivity index (χ4v) is 4.16. The maximum atomic E-state index is 12.6. The molecule has 3 rings (SSSR count). The van der Waals surface area contributed by atoms with E-state index >= 15 is 0 Å². The SMILES string of the molecule is COc1ccc(/C=C2\SC(=O)N(CC(=O)Nc3ccc(S(N)(=O)=O)cc3)C2=O)cc1OC. The number of hydrogen-bond acceptors (Lipinski definition) is 8. The maximum absolute atomic E-state index is 12.6. The predicted octanol–water partition coefficient (Wildman–Crippen LogP) is 2.03. The van der Waals surface area contributed by atoms with E-state index in [0.29, 0.717) is 17.1 Å². The van der Waals surface area contributed by atoms with E-state index in [4.69, 9.17) is 14.6 Å². The molecule has 0 saturated carbocycles. The van der Waals surface area contributed by atoms with Gasteiger partial charge in [0.1, 0.15) is 6.54 Å².